The predicted molar refractivity (Wildman–Crippen MR) is 64.2 cm³/mol. The summed E-state index contributed by atoms with van der Waals surface area (Å²) in [7, 11) is 0. The van der Waals surface area contributed by atoms with Gasteiger partial charge in [0, 0.05) is 6.20 Å². The van der Waals surface area contributed by atoms with E-state index in [1.54, 1.807) is 36.7 Å². The molecule has 0 atom stereocenters. The van der Waals surface area contributed by atoms with Crippen LogP contribution < -0.4 is 16.6 Å². The third kappa shape index (κ3) is 2.76. The number of nitrogens with one attached hydrogen (secondary N) is 2. The molecule has 2 aromatic heterocycles. The summed E-state index contributed by atoms with van der Waals surface area (Å²) in [5.74, 6) is 4.91. The first-order chi connectivity index (χ1) is 8.29. The monoisotopic (exact) mass is 229 g/mol. The molecule has 0 radical (unpaired) electrons. The molecular formula is C11H11N5O. The second-order valence-corrected chi connectivity index (χ2v) is 3.27. The largest absolute Gasteiger partial charge is 0.323 e. The summed E-state index contributed by atoms with van der Waals surface area (Å²) in [5.41, 5.74) is 4.02. The molecule has 2 rings (SSSR count). The van der Waals surface area contributed by atoms with Gasteiger partial charge in [0.15, 0.2) is 0 Å². The minimum Gasteiger partial charge on any atom is -0.323 e. The Bertz CT molecular complexity index is 497. The second-order valence-electron chi connectivity index (χ2n) is 3.27. The van der Waals surface area contributed by atoms with Crippen LogP contribution in [0.2, 0.25) is 0 Å². The van der Waals surface area contributed by atoms with E-state index in [1.165, 1.54) is 6.20 Å². The topological polar surface area (TPSA) is 92.9 Å². The van der Waals surface area contributed by atoms with Gasteiger partial charge in [0.25, 0.3) is 5.91 Å². The number of nitrogens with two attached hydrogens (primary N) is 1. The Morgan fingerprint density at radius 1 is 1.18 bits per heavy atom. The number of hydrogen-bond donors (Lipinski definition) is 3. The molecule has 0 aliphatic carbocycles. The Labute approximate surface area is 97.9 Å². The highest BCUT2D eigenvalue weighted by molar-refractivity contribution is 6.02. The van der Waals surface area contributed by atoms with Crippen LogP contribution in [-0.4, -0.2) is 15.9 Å². The van der Waals surface area contributed by atoms with E-state index in [2.05, 4.69) is 20.7 Å². The predicted octanol–water partition coefficient (Wildman–Crippen LogP) is 1.01. The smallest absolute Gasteiger partial charge is 0.274 e. The van der Waals surface area contributed by atoms with Gasteiger partial charge in [-0.15, -0.1) is 0 Å². The van der Waals surface area contributed by atoms with Gasteiger partial charge in [-0.25, -0.2) is 4.98 Å². The fourth-order valence-electron chi connectivity index (χ4n) is 1.25. The first-order valence-corrected chi connectivity index (χ1v) is 4.93. The van der Waals surface area contributed by atoms with Crippen molar-refractivity contribution in [2.24, 2.45) is 5.84 Å². The maximum Gasteiger partial charge on any atom is 0.274 e. The van der Waals surface area contributed by atoms with Gasteiger partial charge in [0.2, 0.25) is 0 Å². The van der Waals surface area contributed by atoms with Crippen LogP contribution in [-0.2, 0) is 0 Å². The average Bonchev–Trinajstić information content (AvgIpc) is 2.40. The quantitative estimate of drug-likeness (QED) is 0.539. The Kier molecular flexibility index (Phi) is 3.27. The lowest BCUT2D eigenvalue weighted by atomic mass is 10.3. The van der Waals surface area contributed by atoms with Crippen molar-refractivity contribution >= 4 is 17.3 Å². The van der Waals surface area contributed by atoms with Crippen molar-refractivity contribution in [3.63, 3.8) is 0 Å². The lowest BCUT2D eigenvalue weighted by Gasteiger charge is -2.04. The van der Waals surface area contributed by atoms with Gasteiger partial charge in [-0.3, -0.25) is 15.6 Å². The van der Waals surface area contributed by atoms with Crippen LogP contribution in [0.5, 0.6) is 0 Å². The van der Waals surface area contributed by atoms with Crippen molar-refractivity contribution in [2.75, 3.05) is 10.7 Å². The number of amides is 1. The number of nitrogen functional groups attached to an aromatic ring is 1. The normalized spacial score (nSPS) is 9.71. The Morgan fingerprint density at radius 3 is 2.65 bits per heavy atom. The molecule has 6 nitrogen and oxygen atoms in total. The van der Waals surface area contributed by atoms with E-state index in [9.17, 15) is 4.79 Å². The molecule has 0 bridgehead atoms. The van der Waals surface area contributed by atoms with Crippen molar-refractivity contribution in [1.29, 1.82) is 0 Å². The van der Waals surface area contributed by atoms with Gasteiger partial charge < -0.3 is 10.7 Å². The Balaban J connectivity index is 2.09. The van der Waals surface area contributed by atoms with E-state index in [0.29, 0.717) is 17.1 Å². The van der Waals surface area contributed by atoms with E-state index >= 15 is 0 Å². The number of hydrazine groups is 1. The van der Waals surface area contributed by atoms with E-state index < -0.39 is 0 Å². The molecule has 0 saturated carbocycles. The third-order valence-electron chi connectivity index (χ3n) is 2.08. The number of nitrogens with zero attached hydrogens (tertiary/aromatic N) is 2. The maximum atomic E-state index is 11.8. The highest BCUT2D eigenvalue weighted by Gasteiger charge is 2.07. The van der Waals surface area contributed by atoms with Crippen LogP contribution in [0, 0.1) is 0 Å². The number of pyridine rings is 2. The number of carbonyl (C=O) groups is 1. The summed E-state index contributed by atoms with van der Waals surface area (Å²) >= 11 is 0. The minimum absolute atomic E-state index is 0.290. The van der Waals surface area contributed by atoms with Crippen LogP contribution in [0.1, 0.15) is 10.5 Å². The van der Waals surface area contributed by atoms with Crippen molar-refractivity contribution < 1.29 is 4.79 Å². The zero-order valence-electron chi connectivity index (χ0n) is 8.92. The Morgan fingerprint density at radius 2 is 2.06 bits per heavy atom. The molecule has 6 heteroatoms. The zero-order valence-corrected chi connectivity index (χ0v) is 8.92. The molecule has 4 N–H and O–H groups in total. The van der Waals surface area contributed by atoms with Crippen LogP contribution in [0.3, 0.4) is 0 Å². The third-order valence-corrected chi connectivity index (χ3v) is 2.08. The van der Waals surface area contributed by atoms with Crippen molar-refractivity contribution in [2.45, 2.75) is 0 Å². The highest BCUT2D eigenvalue weighted by atomic mass is 16.1. The van der Waals surface area contributed by atoms with Crippen LogP contribution in [0.15, 0.2) is 42.9 Å². The van der Waals surface area contributed by atoms with Gasteiger partial charge in [0.1, 0.15) is 5.69 Å². The summed E-state index contributed by atoms with van der Waals surface area (Å²) in [4.78, 5) is 19.6. The van der Waals surface area contributed by atoms with E-state index in [4.69, 9.17) is 5.84 Å². The van der Waals surface area contributed by atoms with Crippen molar-refractivity contribution in [3.8, 4) is 0 Å². The highest BCUT2D eigenvalue weighted by Crippen LogP contribution is 2.08. The van der Waals surface area contributed by atoms with Crippen LogP contribution in [0.4, 0.5) is 11.4 Å². The lowest BCUT2D eigenvalue weighted by molar-refractivity contribution is 0.102. The van der Waals surface area contributed by atoms with Gasteiger partial charge >= 0.3 is 0 Å². The SMILES string of the molecule is NNc1ccc(C(=O)Nc2cccnc2)nc1. The number of hydrogen-bond acceptors (Lipinski definition) is 5. The number of aromatic nitrogens is 2. The fraction of sp³-hybridized carbons (Fsp3) is 0. The second kappa shape index (κ2) is 5.04. The summed E-state index contributed by atoms with van der Waals surface area (Å²) in [6.07, 6.45) is 4.68. The molecule has 17 heavy (non-hydrogen) atoms. The summed E-state index contributed by atoms with van der Waals surface area (Å²) in [6.45, 7) is 0. The number of carbonyl (C=O) groups excluding carboxylic acids is 1. The molecule has 0 aliphatic rings. The van der Waals surface area contributed by atoms with E-state index in [-0.39, 0.29) is 5.91 Å². The zero-order chi connectivity index (χ0) is 12.1. The molecule has 0 fully saturated rings. The van der Waals surface area contributed by atoms with Crippen LogP contribution in [0.25, 0.3) is 0 Å². The standard InChI is InChI=1S/C11H11N5O/c12-16-9-3-4-10(14-7-9)11(17)15-8-2-1-5-13-6-8/h1-7,16H,12H2,(H,15,17). The number of anilines is 2. The molecule has 86 valence electrons. The van der Waals surface area contributed by atoms with Gasteiger partial charge in [-0.2, -0.15) is 0 Å². The lowest BCUT2D eigenvalue weighted by Crippen LogP contribution is -2.14. The molecular weight excluding hydrogens is 218 g/mol. The molecule has 0 saturated heterocycles. The molecule has 0 spiro atoms. The van der Waals surface area contributed by atoms with E-state index in [1.807, 2.05) is 0 Å². The molecule has 2 aromatic rings. The molecule has 0 unspecified atom stereocenters. The summed E-state index contributed by atoms with van der Waals surface area (Å²) in [6, 6.07) is 6.75. The average molecular weight is 229 g/mol. The number of rotatable bonds is 3. The molecule has 1 amide bonds. The molecule has 2 heterocycles. The summed E-state index contributed by atoms with van der Waals surface area (Å²) < 4.78 is 0. The fourth-order valence-corrected chi connectivity index (χ4v) is 1.25. The van der Waals surface area contributed by atoms with Gasteiger partial charge in [0.05, 0.1) is 23.8 Å². The van der Waals surface area contributed by atoms with Crippen molar-refractivity contribution in [3.05, 3.63) is 48.5 Å². The maximum absolute atomic E-state index is 11.8. The first-order valence-electron chi connectivity index (χ1n) is 4.93. The Hall–Kier alpha value is -2.47. The molecule has 0 aliphatic heterocycles. The minimum atomic E-state index is -0.290. The van der Waals surface area contributed by atoms with Gasteiger partial charge in [-0.05, 0) is 24.3 Å². The summed E-state index contributed by atoms with van der Waals surface area (Å²) in [5, 5.41) is 2.68. The van der Waals surface area contributed by atoms with Crippen LogP contribution >= 0.6 is 0 Å². The van der Waals surface area contributed by atoms with Gasteiger partial charge in [-0.1, -0.05) is 0 Å². The van der Waals surface area contributed by atoms with E-state index in [0.717, 1.165) is 0 Å². The first kappa shape index (κ1) is 11.0. The van der Waals surface area contributed by atoms with Crippen molar-refractivity contribution in [1.82, 2.24) is 9.97 Å². The molecule has 0 aromatic carbocycles.